The number of aliphatic carboxylic acids is 1. The zero-order chi connectivity index (χ0) is 11.4. The molecule has 5 nitrogen and oxygen atoms in total. The molecular formula is C11H16N2O3. The average Bonchev–Trinajstić information content (AvgIpc) is 2.87. The van der Waals surface area contributed by atoms with Crippen molar-refractivity contribution in [3.05, 3.63) is 17.8 Å². The summed E-state index contributed by atoms with van der Waals surface area (Å²) in [5, 5.41) is 11.8. The number of carboxylic acids is 1. The van der Waals surface area contributed by atoms with Crippen LogP contribution in [0.2, 0.25) is 0 Å². The van der Waals surface area contributed by atoms with Gasteiger partial charge in [-0.05, 0) is 25.4 Å². The van der Waals surface area contributed by atoms with Gasteiger partial charge in [-0.2, -0.15) is 0 Å². The van der Waals surface area contributed by atoms with Crippen LogP contribution in [0.25, 0.3) is 0 Å². The number of oxazole rings is 1. The van der Waals surface area contributed by atoms with Crippen LogP contribution in [-0.4, -0.2) is 29.1 Å². The van der Waals surface area contributed by atoms with Gasteiger partial charge in [-0.15, -0.1) is 0 Å². The summed E-state index contributed by atoms with van der Waals surface area (Å²) in [5.74, 6) is 0.532. The van der Waals surface area contributed by atoms with Gasteiger partial charge in [0.25, 0.3) is 0 Å². The van der Waals surface area contributed by atoms with Crippen LogP contribution >= 0.6 is 0 Å². The van der Waals surface area contributed by atoms with Gasteiger partial charge in [0.15, 0.2) is 5.89 Å². The molecule has 1 atom stereocenters. The third-order valence-electron chi connectivity index (χ3n) is 2.82. The Morgan fingerprint density at radius 3 is 3.25 bits per heavy atom. The summed E-state index contributed by atoms with van der Waals surface area (Å²) in [6.07, 6.45) is 4.13. The van der Waals surface area contributed by atoms with E-state index in [0.29, 0.717) is 12.3 Å². The Bertz CT molecular complexity index is 356. The summed E-state index contributed by atoms with van der Waals surface area (Å²) in [7, 11) is 0. The second-order valence-corrected chi connectivity index (χ2v) is 4.19. The Kier molecular flexibility index (Phi) is 3.56. The van der Waals surface area contributed by atoms with Crippen LogP contribution in [0, 0.1) is 5.92 Å². The Balaban J connectivity index is 1.84. The summed E-state index contributed by atoms with van der Waals surface area (Å²) >= 11 is 0. The van der Waals surface area contributed by atoms with E-state index < -0.39 is 5.97 Å². The highest BCUT2D eigenvalue weighted by atomic mass is 16.4. The van der Waals surface area contributed by atoms with Crippen LogP contribution in [0.4, 0.5) is 0 Å². The van der Waals surface area contributed by atoms with E-state index in [1.807, 2.05) is 0 Å². The van der Waals surface area contributed by atoms with Gasteiger partial charge in [0, 0.05) is 12.8 Å². The molecule has 0 saturated carbocycles. The molecule has 88 valence electrons. The van der Waals surface area contributed by atoms with Crippen LogP contribution in [0.15, 0.2) is 10.7 Å². The number of nitrogens with zero attached hydrogens (tertiary/aromatic N) is 1. The first-order valence-corrected chi connectivity index (χ1v) is 5.60. The molecule has 0 bridgehead atoms. The van der Waals surface area contributed by atoms with E-state index in [4.69, 9.17) is 9.52 Å². The van der Waals surface area contributed by atoms with Gasteiger partial charge in [0.1, 0.15) is 6.26 Å². The summed E-state index contributed by atoms with van der Waals surface area (Å²) < 4.78 is 5.33. The van der Waals surface area contributed by atoms with Crippen LogP contribution in [0.5, 0.6) is 0 Å². The normalized spacial score (nSPS) is 20.1. The number of aromatic nitrogens is 1. The molecule has 2 rings (SSSR count). The lowest BCUT2D eigenvalue weighted by molar-refractivity contribution is -0.136. The van der Waals surface area contributed by atoms with Crippen molar-refractivity contribution in [2.45, 2.75) is 25.7 Å². The standard InChI is InChI=1S/C11H16N2O3/c14-11(15)2-1-9-7-16-10(13-9)5-8-3-4-12-6-8/h7-8,12H,1-6H2,(H,14,15). The van der Waals surface area contributed by atoms with Crippen molar-refractivity contribution in [2.24, 2.45) is 5.92 Å². The second-order valence-electron chi connectivity index (χ2n) is 4.19. The van der Waals surface area contributed by atoms with Crippen LogP contribution in [0.1, 0.15) is 24.4 Å². The number of carboxylic acid groups (broad SMARTS) is 1. The van der Waals surface area contributed by atoms with E-state index in [1.165, 1.54) is 0 Å². The fraction of sp³-hybridized carbons (Fsp3) is 0.636. The molecule has 5 heteroatoms. The van der Waals surface area contributed by atoms with E-state index in [0.717, 1.165) is 37.5 Å². The van der Waals surface area contributed by atoms with E-state index >= 15 is 0 Å². The molecular weight excluding hydrogens is 208 g/mol. The molecule has 0 aromatic carbocycles. The van der Waals surface area contributed by atoms with Gasteiger partial charge in [0.2, 0.25) is 0 Å². The van der Waals surface area contributed by atoms with Gasteiger partial charge in [-0.3, -0.25) is 4.79 Å². The van der Waals surface area contributed by atoms with Gasteiger partial charge < -0.3 is 14.8 Å². The zero-order valence-electron chi connectivity index (χ0n) is 9.11. The molecule has 1 fully saturated rings. The number of aryl methyl sites for hydroxylation is 1. The van der Waals surface area contributed by atoms with Crippen LogP contribution < -0.4 is 5.32 Å². The largest absolute Gasteiger partial charge is 0.481 e. The maximum Gasteiger partial charge on any atom is 0.303 e. The Morgan fingerprint density at radius 2 is 2.56 bits per heavy atom. The molecule has 1 aromatic rings. The van der Waals surface area contributed by atoms with E-state index in [-0.39, 0.29) is 6.42 Å². The molecule has 1 aliphatic rings. The predicted molar refractivity (Wildman–Crippen MR) is 57.1 cm³/mol. The molecule has 1 aliphatic heterocycles. The Labute approximate surface area is 93.9 Å². The minimum absolute atomic E-state index is 0.108. The summed E-state index contributed by atoms with van der Waals surface area (Å²) in [5.41, 5.74) is 0.739. The van der Waals surface area contributed by atoms with Gasteiger partial charge in [-0.25, -0.2) is 4.98 Å². The van der Waals surface area contributed by atoms with Crippen LogP contribution in [0.3, 0.4) is 0 Å². The fourth-order valence-electron chi connectivity index (χ4n) is 1.93. The third-order valence-corrected chi connectivity index (χ3v) is 2.82. The number of carbonyl (C=O) groups is 1. The highest BCUT2D eigenvalue weighted by Gasteiger charge is 2.17. The minimum Gasteiger partial charge on any atom is -0.481 e. The lowest BCUT2D eigenvalue weighted by Gasteiger charge is -2.02. The number of rotatable bonds is 5. The van der Waals surface area contributed by atoms with Gasteiger partial charge in [-0.1, -0.05) is 0 Å². The first kappa shape index (κ1) is 11.1. The van der Waals surface area contributed by atoms with Gasteiger partial charge >= 0.3 is 5.97 Å². The fourth-order valence-corrected chi connectivity index (χ4v) is 1.93. The van der Waals surface area contributed by atoms with Crippen molar-refractivity contribution >= 4 is 5.97 Å². The van der Waals surface area contributed by atoms with Crippen molar-refractivity contribution in [2.75, 3.05) is 13.1 Å². The van der Waals surface area contributed by atoms with Crippen molar-refractivity contribution in [1.29, 1.82) is 0 Å². The monoisotopic (exact) mass is 224 g/mol. The first-order valence-electron chi connectivity index (χ1n) is 5.60. The number of hydrogen-bond donors (Lipinski definition) is 2. The lowest BCUT2D eigenvalue weighted by atomic mass is 10.1. The molecule has 2 N–H and O–H groups in total. The Morgan fingerprint density at radius 1 is 1.69 bits per heavy atom. The topological polar surface area (TPSA) is 75.4 Å². The summed E-state index contributed by atoms with van der Waals surface area (Å²) in [6, 6.07) is 0. The zero-order valence-corrected chi connectivity index (χ0v) is 9.11. The number of hydrogen-bond acceptors (Lipinski definition) is 4. The van der Waals surface area contributed by atoms with Crippen LogP contribution in [-0.2, 0) is 17.6 Å². The van der Waals surface area contributed by atoms with Crippen molar-refractivity contribution in [3.63, 3.8) is 0 Å². The quantitative estimate of drug-likeness (QED) is 0.775. The highest BCUT2D eigenvalue weighted by molar-refractivity contribution is 5.66. The molecule has 0 spiro atoms. The summed E-state index contributed by atoms with van der Waals surface area (Å²) in [4.78, 5) is 14.7. The summed E-state index contributed by atoms with van der Waals surface area (Å²) in [6.45, 7) is 2.09. The molecule has 0 aliphatic carbocycles. The van der Waals surface area contributed by atoms with Crippen molar-refractivity contribution < 1.29 is 14.3 Å². The predicted octanol–water partition coefficient (Wildman–Crippen LogP) is 0.844. The maximum atomic E-state index is 10.4. The van der Waals surface area contributed by atoms with E-state index in [2.05, 4.69) is 10.3 Å². The third kappa shape index (κ3) is 3.06. The Hall–Kier alpha value is -1.36. The average molecular weight is 224 g/mol. The maximum absolute atomic E-state index is 10.4. The SMILES string of the molecule is O=C(O)CCc1coc(CC2CCNC2)n1. The molecule has 2 heterocycles. The van der Waals surface area contributed by atoms with E-state index in [9.17, 15) is 4.79 Å². The molecule has 1 saturated heterocycles. The van der Waals surface area contributed by atoms with Crippen molar-refractivity contribution in [3.8, 4) is 0 Å². The second kappa shape index (κ2) is 5.12. The number of nitrogens with one attached hydrogen (secondary N) is 1. The molecule has 16 heavy (non-hydrogen) atoms. The first-order chi connectivity index (χ1) is 7.74. The van der Waals surface area contributed by atoms with Crippen molar-refractivity contribution in [1.82, 2.24) is 10.3 Å². The highest BCUT2D eigenvalue weighted by Crippen LogP contribution is 2.15. The lowest BCUT2D eigenvalue weighted by Crippen LogP contribution is -2.10. The molecule has 1 aromatic heterocycles. The molecule has 1 unspecified atom stereocenters. The molecule has 0 radical (unpaired) electrons. The smallest absolute Gasteiger partial charge is 0.303 e. The molecule has 0 amide bonds. The van der Waals surface area contributed by atoms with Gasteiger partial charge in [0.05, 0.1) is 12.1 Å². The van der Waals surface area contributed by atoms with E-state index in [1.54, 1.807) is 6.26 Å². The minimum atomic E-state index is -0.801.